The number of nitrogens with one attached hydrogen (secondary N) is 3. The monoisotopic (exact) mass is 455 g/mol. The molecule has 160 valence electrons. The molecular formula is C22H23Cl2N7. The van der Waals surface area contributed by atoms with Crippen molar-refractivity contribution in [3.05, 3.63) is 64.1 Å². The van der Waals surface area contributed by atoms with E-state index in [1.54, 1.807) is 24.4 Å². The van der Waals surface area contributed by atoms with Crippen molar-refractivity contribution in [2.24, 2.45) is 5.10 Å². The van der Waals surface area contributed by atoms with Crippen molar-refractivity contribution in [2.45, 2.75) is 38.1 Å². The molecule has 1 saturated carbocycles. The molecule has 0 amide bonds. The summed E-state index contributed by atoms with van der Waals surface area (Å²) in [6, 6.07) is 15.3. The van der Waals surface area contributed by atoms with E-state index in [2.05, 4.69) is 36.1 Å². The number of halogens is 2. The minimum absolute atomic E-state index is 0.327. The number of rotatable bonds is 7. The van der Waals surface area contributed by atoms with Crippen LogP contribution in [0, 0.1) is 0 Å². The van der Waals surface area contributed by atoms with E-state index in [0.29, 0.717) is 33.9 Å². The molecule has 0 bridgehead atoms. The number of nitrogens with zero attached hydrogens (tertiary/aromatic N) is 4. The summed E-state index contributed by atoms with van der Waals surface area (Å²) in [5.41, 5.74) is 4.50. The average Bonchev–Trinajstić information content (AvgIpc) is 2.77. The summed E-state index contributed by atoms with van der Waals surface area (Å²) in [5, 5.41) is 12.0. The van der Waals surface area contributed by atoms with Crippen LogP contribution in [0.25, 0.3) is 0 Å². The van der Waals surface area contributed by atoms with E-state index in [-0.39, 0.29) is 0 Å². The molecule has 0 unspecified atom stereocenters. The topological polar surface area (TPSA) is 87.1 Å². The van der Waals surface area contributed by atoms with Gasteiger partial charge in [0.05, 0.1) is 11.2 Å². The van der Waals surface area contributed by atoms with Gasteiger partial charge in [0, 0.05) is 22.3 Å². The number of hydrogen-bond donors (Lipinski definition) is 3. The molecule has 2 aromatic carbocycles. The number of hydrogen-bond acceptors (Lipinski definition) is 7. The van der Waals surface area contributed by atoms with Crippen LogP contribution in [0.4, 0.5) is 23.5 Å². The standard InChI is InChI=1S/C22H23Cl2N7/c23-16-12-11-15(19(24)13-16)14-25-31-22-29-20(26-17-7-3-1-4-8-17)28-21(30-22)27-18-9-5-2-6-10-18/h1,3-4,7-8,11-14,18H,2,5-6,9-10H2,(H3,26,27,28,29,30,31)/b25-14-. The fourth-order valence-electron chi connectivity index (χ4n) is 3.39. The third-order valence-corrected chi connectivity index (χ3v) is 5.50. The highest BCUT2D eigenvalue weighted by molar-refractivity contribution is 6.36. The minimum Gasteiger partial charge on any atom is -0.351 e. The highest BCUT2D eigenvalue weighted by Gasteiger charge is 2.15. The maximum Gasteiger partial charge on any atom is 0.250 e. The second kappa shape index (κ2) is 10.4. The fraction of sp³-hybridized carbons (Fsp3) is 0.273. The van der Waals surface area contributed by atoms with Crippen LogP contribution in [0.15, 0.2) is 53.6 Å². The van der Waals surface area contributed by atoms with Crippen molar-refractivity contribution in [3.63, 3.8) is 0 Å². The van der Waals surface area contributed by atoms with Gasteiger partial charge in [-0.2, -0.15) is 20.1 Å². The number of para-hydroxylation sites is 1. The Morgan fingerprint density at radius 3 is 2.39 bits per heavy atom. The van der Waals surface area contributed by atoms with Crippen LogP contribution >= 0.6 is 23.2 Å². The predicted molar refractivity (Wildman–Crippen MR) is 128 cm³/mol. The Morgan fingerprint density at radius 2 is 1.61 bits per heavy atom. The van der Waals surface area contributed by atoms with Crippen molar-refractivity contribution in [1.82, 2.24) is 15.0 Å². The molecule has 4 rings (SSSR count). The molecular weight excluding hydrogens is 433 g/mol. The van der Waals surface area contributed by atoms with Crippen molar-refractivity contribution in [1.29, 1.82) is 0 Å². The van der Waals surface area contributed by atoms with Gasteiger partial charge in [0.15, 0.2) is 0 Å². The van der Waals surface area contributed by atoms with Gasteiger partial charge in [0.1, 0.15) is 0 Å². The van der Waals surface area contributed by atoms with E-state index in [4.69, 9.17) is 23.2 Å². The van der Waals surface area contributed by atoms with Crippen LogP contribution in [0.2, 0.25) is 10.0 Å². The van der Waals surface area contributed by atoms with Gasteiger partial charge in [-0.1, -0.05) is 66.7 Å². The first-order valence-corrected chi connectivity index (χ1v) is 11.0. The molecule has 31 heavy (non-hydrogen) atoms. The normalized spacial score (nSPS) is 14.5. The van der Waals surface area contributed by atoms with Gasteiger partial charge in [-0.25, -0.2) is 5.43 Å². The smallest absolute Gasteiger partial charge is 0.250 e. The van der Waals surface area contributed by atoms with Crippen molar-refractivity contribution >= 4 is 52.9 Å². The van der Waals surface area contributed by atoms with Gasteiger partial charge in [0.25, 0.3) is 0 Å². The third kappa shape index (κ3) is 6.29. The molecule has 0 aliphatic heterocycles. The van der Waals surface area contributed by atoms with Crippen LogP contribution in [0.1, 0.15) is 37.7 Å². The number of hydrazone groups is 1. The first-order valence-electron chi connectivity index (χ1n) is 10.2. The molecule has 0 saturated heterocycles. The van der Waals surface area contributed by atoms with Crippen LogP contribution in [-0.4, -0.2) is 27.2 Å². The summed E-state index contributed by atoms with van der Waals surface area (Å²) in [6.45, 7) is 0. The van der Waals surface area contributed by atoms with Crippen molar-refractivity contribution < 1.29 is 0 Å². The molecule has 1 aromatic heterocycles. The fourth-order valence-corrected chi connectivity index (χ4v) is 3.85. The molecule has 7 nitrogen and oxygen atoms in total. The summed E-state index contributed by atoms with van der Waals surface area (Å²) in [5.74, 6) is 1.28. The Bertz CT molecular complexity index is 1040. The highest BCUT2D eigenvalue weighted by Crippen LogP contribution is 2.22. The molecule has 0 radical (unpaired) electrons. The van der Waals surface area contributed by atoms with Gasteiger partial charge in [0.2, 0.25) is 17.8 Å². The lowest BCUT2D eigenvalue weighted by Crippen LogP contribution is -2.24. The first-order chi connectivity index (χ1) is 15.2. The lowest BCUT2D eigenvalue weighted by molar-refractivity contribution is 0.461. The zero-order valence-corrected chi connectivity index (χ0v) is 18.4. The Morgan fingerprint density at radius 1 is 0.871 bits per heavy atom. The number of aromatic nitrogens is 3. The van der Waals surface area contributed by atoms with Crippen LogP contribution in [0.3, 0.4) is 0 Å². The van der Waals surface area contributed by atoms with Crippen LogP contribution in [-0.2, 0) is 0 Å². The highest BCUT2D eigenvalue weighted by atomic mass is 35.5. The average molecular weight is 456 g/mol. The van der Waals surface area contributed by atoms with Crippen molar-refractivity contribution in [3.8, 4) is 0 Å². The first kappa shape index (κ1) is 21.3. The van der Waals surface area contributed by atoms with Crippen LogP contribution < -0.4 is 16.1 Å². The molecule has 3 N–H and O–H groups in total. The van der Waals surface area contributed by atoms with E-state index in [1.165, 1.54) is 19.3 Å². The quantitative estimate of drug-likeness (QED) is 0.294. The van der Waals surface area contributed by atoms with Gasteiger partial charge < -0.3 is 10.6 Å². The molecule has 3 aromatic rings. The molecule has 1 aliphatic rings. The van der Waals surface area contributed by atoms with Crippen molar-refractivity contribution in [2.75, 3.05) is 16.1 Å². The Hall–Kier alpha value is -2.90. The summed E-state index contributed by atoms with van der Waals surface area (Å²) in [7, 11) is 0. The van der Waals surface area contributed by atoms with E-state index in [1.807, 2.05) is 30.3 Å². The van der Waals surface area contributed by atoms with Gasteiger partial charge in [-0.3, -0.25) is 0 Å². The summed E-state index contributed by atoms with van der Waals surface area (Å²) >= 11 is 12.1. The Labute approximate surface area is 191 Å². The maximum atomic E-state index is 6.20. The Kier molecular flexibility index (Phi) is 7.17. The van der Waals surface area contributed by atoms with Crippen LogP contribution in [0.5, 0.6) is 0 Å². The lowest BCUT2D eigenvalue weighted by atomic mass is 9.96. The van der Waals surface area contributed by atoms with E-state index >= 15 is 0 Å². The van der Waals surface area contributed by atoms with Gasteiger partial charge >= 0.3 is 0 Å². The molecule has 1 aliphatic carbocycles. The second-order valence-electron chi connectivity index (χ2n) is 7.31. The molecule has 1 fully saturated rings. The molecule has 0 atom stereocenters. The van der Waals surface area contributed by atoms with Gasteiger partial charge in [-0.05, 0) is 37.1 Å². The van der Waals surface area contributed by atoms with Gasteiger partial charge in [-0.15, -0.1) is 0 Å². The predicted octanol–water partition coefficient (Wildman–Crippen LogP) is 6.11. The molecule has 1 heterocycles. The van der Waals surface area contributed by atoms with E-state index in [0.717, 1.165) is 24.1 Å². The SMILES string of the molecule is Clc1ccc(/C=N\Nc2nc(Nc3ccccc3)nc(NC3CCCCC3)n2)c(Cl)c1. The zero-order valence-electron chi connectivity index (χ0n) is 16.9. The number of anilines is 4. The molecule has 9 heteroatoms. The summed E-state index contributed by atoms with van der Waals surface area (Å²) in [4.78, 5) is 13.5. The third-order valence-electron chi connectivity index (χ3n) is 4.93. The second-order valence-corrected chi connectivity index (χ2v) is 8.16. The largest absolute Gasteiger partial charge is 0.351 e. The van der Waals surface area contributed by atoms with E-state index < -0.39 is 0 Å². The summed E-state index contributed by atoms with van der Waals surface area (Å²) < 4.78 is 0. The Balaban J connectivity index is 1.53. The molecule has 0 spiro atoms. The maximum absolute atomic E-state index is 6.20. The van der Waals surface area contributed by atoms with E-state index in [9.17, 15) is 0 Å². The lowest BCUT2D eigenvalue weighted by Gasteiger charge is -2.22. The summed E-state index contributed by atoms with van der Waals surface area (Å²) in [6.07, 6.45) is 7.54. The number of benzene rings is 2. The zero-order chi connectivity index (χ0) is 21.5. The minimum atomic E-state index is 0.327.